The molecule has 1 aliphatic heterocycles. The van der Waals surface area contributed by atoms with Crippen LogP contribution in [0.25, 0.3) is 0 Å². The average Bonchev–Trinajstić information content (AvgIpc) is 2.97. The van der Waals surface area contributed by atoms with Gasteiger partial charge in [0.05, 0.1) is 18.9 Å². The Morgan fingerprint density at radius 2 is 1.88 bits per heavy atom. The molecule has 1 fully saturated rings. The van der Waals surface area contributed by atoms with Crippen molar-refractivity contribution in [1.82, 2.24) is 25.3 Å². The molecule has 7 nitrogen and oxygen atoms in total. The van der Waals surface area contributed by atoms with E-state index < -0.39 is 0 Å². The van der Waals surface area contributed by atoms with E-state index in [9.17, 15) is 0 Å². The van der Waals surface area contributed by atoms with Crippen molar-refractivity contribution in [1.29, 1.82) is 0 Å². The van der Waals surface area contributed by atoms with Crippen LogP contribution in [0.4, 0.5) is 0 Å². The minimum atomic E-state index is 0.0544. The minimum absolute atomic E-state index is 0.0544. The molecule has 26 heavy (non-hydrogen) atoms. The molecule has 0 saturated carbocycles. The van der Waals surface area contributed by atoms with Crippen LogP contribution in [0.15, 0.2) is 4.99 Å². The predicted octanol–water partition coefficient (Wildman–Crippen LogP) is 1.32. The first-order valence-corrected chi connectivity index (χ1v) is 9.73. The highest BCUT2D eigenvalue weighted by Crippen LogP contribution is 2.16. The molecule has 7 heteroatoms. The predicted molar refractivity (Wildman–Crippen MR) is 107 cm³/mol. The zero-order valence-electron chi connectivity index (χ0n) is 17.4. The Hall–Kier alpha value is -1.60. The summed E-state index contributed by atoms with van der Waals surface area (Å²) in [6.07, 6.45) is 1.93. The topological polar surface area (TPSA) is 66.7 Å². The van der Waals surface area contributed by atoms with Crippen LogP contribution in [0.5, 0.6) is 0 Å². The maximum atomic E-state index is 5.47. The number of aryl methyl sites for hydroxylation is 2. The van der Waals surface area contributed by atoms with Gasteiger partial charge in [-0.05, 0) is 26.7 Å². The standard InChI is InChI=1S/C19H36N6O/c1-7-16-15(17(8-2)24(6)23-16)13-21-18(20-5)22-14-19(3,4)25-9-11-26-12-10-25/h7-14H2,1-6H3,(H2,20,21,22). The fourth-order valence-corrected chi connectivity index (χ4v) is 3.57. The molecule has 0 spiro atoms. The van der Waals surface area contributed by atoms with E-state index in [0.717, 1.165) is 58.2 Å². The van der Waals surface area contributed by atoms with Gasteiger partial charge >= 0.3 is 0 Å². The fraction of sp³-hybridized carbons (Fsp3) is 0.789. The molecule has 0 atom stereocenters. The van der Waals surface area contributed by atoms with Gasteiger partial charge in [0.2, 0.25) is 0 Å². The Balaban J connectivity index is 1.94. The van der Waals surface area contributed by atoms with Gasteiger partial charge in [-0.1, -0.05) is 13.8 Å². The molecule has 0 aliphatic carbocycles. The van der Waals surface area contributed by atoms with Crippen molar-refractivity contribution in [3.8, 4) is 0 Å². The quantitative estimate of drug-likeness (QED) is 0.564. The second kappa shape index (κ2) is 9.37. The van der Waals surface area contributed by atoms with Gasteiger partial charge in [-0.15, -0.1) is 0 Å². The van der Waals surface area contributed by atoms with Crippen LogP contribution in [0.3, 0.4) is 0 Å². The van der Waals surface area contributed by atoms with Crippen LogP contribution in [-0.4, -0.2) is 66.1 Å². The molecule has 0 radical (unpaired) electrons. The normalized spacial score (nSPS) is 16.8. The summed E-state index contributed by atoms with van der Waals surface area (Å²) < 4.78 is 7.48. The third-order valence-corrected chi connectivity index (χ3v) is 5.24. The molecule has 0 bridgehead atoms. The lowest BCUT2D eigenvalue weighted by Crippen LogP contribution is -2.56. The third-order valence-electron chi connectivity index (χ3n) is 5.24. The first-order chi connectivity index (χ1) is 12.4. The van der Waals surface area contributed by atoms with Crippen molar-refractivity contribution < 1.29 is 4.74 Å². The summed E-state index contributed by atoms with van der Waals surface area (Å²) in [5.74, 6) is 0.833. The molecule has 1 aromatic rings. The van der Waals surface area contributed by atoms with E-state index in [2.05, 4.69) is 53.3 Å². The highest BCUT2D eigenvalue weighted by molar-refractivity contribution is 5.79. The number of guanidine groups is 1. The molecule has 148 valence electrons. The molecule has 0 unspecified atom stereocenters. The summed E-state index contributed by atoms with van der Waals surface area (Å²) in [7, 11) is 3.85. The van der Waals surface area contributed by atoms with E-state index in [1.165, 1.54) is 17.0 Å². The number of nitrogens with zero attached hydrogens (tertiary/aromatic N) is 4. The van der Waals surface area contributed by atoms with E-state index >= 15 is 0 Å². The van der Waals surface area contributed by atoms with Crippen LogP contribution < -0.4 is 10.6 Å². The molecule has 2 heterocycles. The summed E-state index contributed by atoms with van der Waals surface area (Å²) in [5, 5.41) is 11.6. The van der Waals surface area contributed by atoms with Crippen molar-refractivity contribution in [3.05, 3.63) is 17.0 Å². The largest absolute Gasteiger partial charge is 0.379 e. The number of ether oxygens (including phenoxy) is 1. The fourth-order valence-electron chi connectivity index (χ4n) is 3.57. The van der Waals surface area contributed by atoms with Crippen LogP contribution >= 0.6 is 0 Å². The van der Waals surface area contributed by atoms with Crippen LogP contribution in [0, 0.1) is 0 Å². The summed E-state index contributed by atoms with van der Waals surface area (Å²) in [5.41, 5.74) is 3.81. The molecule has 0 amide bonds. The first-order valence-electron chi connectivity index (χ1n) is 9.73. The summed E-state index contributed by atoms with van der Waals surface area (Å²) in [6, 6.07) is 0. The zero-order valence-corrected chi connectivity index (χ0v) is 17.4. The van der Waals surface area contributed by atoms with E-state index in [0.29, 0.717) is 0 Å². The van der Waals surface area contributed by atoms with Crippen LogP contribution in [0.2, 0.25) is 0 Å². The number of rotatable bonds is 7. The van der Waals surface area contributed by atoms with E-state index in [4.69, 9.17) is 4.74 Å². The maximum Gasteiger partial charge on any atom is 0.191 e. The van der Waals surface area contributed by atoms with E-state index in [1.807, 2.05) is 18.8 Å². The minimum Gasteiger partial charge on any atom is -0.379 e. The summed E-state index contributed by atoms with van der Waals surface area (Å²) in [4.78, 5) is 6.87. The third kappa shape index (κ3) is 4.98. The van der Waals surface area contributed by atoms with Crippen molar-refractivity contribution in [2.45, 2.75) is 52.6 Å². The average molecular weight is 365 g/mol. The van der Waals surface area contributed by atoms with Crippen LogP contribution in [0.1, 0.15) is 44.6 Å². The Kier molecular flexibility index (Phi) is 7.46. The van der Waals surface area contributed by atoms with Gasteiger partial charge in [-0.2, -0.15) is 5.10 Å². The summed E-state index contributed by atoms with van der Waals surface area (Å²) >= 11 is 0. The number of aromatic nitrogens is 2. The molecule has 1 aliphatic rings. The van der Waals surface area contributed by atoms with E-state index in [-0.39, 0.29) is 5.54 Å². The molecule has 0 aromatic carbocycles. The Bertz CT molecular complexity index is 601. The Labute approximate surface area is 158 Å². The van der Waals surface area contributed by atoms with Gasteiger partial charge < -0.3 is 15.4 Å². The van der Waals surface area contributed by atoms with Crippen LogP contribution in [-0.2, 0) is 31.2 Å². The van der Waals surface area contributed by atoms with Gasteiger partial charge in [-0.3, -0.25) is 14.6 Å². The maximum absolute atomic E-state index is 5.47. The number of hydrogen-bond donors (Lipinski definition) is 2. The molecule has 2 N–H and O–H groups in total. The Morgan fingerprint density at radius 1 is 1.19 bits per heavy atom. The molecule has 2 rings (SSSR count). The monoisotopic (exact) mass is 364 g/mol. The summed E-state index contributed by atoms with van der Waals surface area (Å²) in [6.45, 7) is 14.0. The molecular formula is C19H36N6O. The molecule has 1 aromatic heterocycles. The number of aliphatic imine (C=N–C) groups is 1. The number of nitrogens with one attached hydrogen (secondary N) is 2. The molecular weight excluding hydrogens is 328 g/mol. The van der Waals surface area contributed by atoms with Gasteiger partial charge in [0, 0.05) is 57.1 Å². The van der Waals surface area contributed by atoms with Crippen molar-refractivity contribution in [2.24, 2.45) is 12.0 Å². The van der Waals surface area contributed by atoms with Gasteiger partial charge in [-0.25, -0.2) is 0 Å². The van der Waals surface area contributed by atoms with Crippen molar-refractivity contribution >= 4 is 5.96 Å². The van der Waals surface area contributed by atoms with Gasteiger partial charge in [0.25, 0.3) is 0 Å². The van der Waals surface area contributed by atoms with Crippen molar-refractivity contribution in [2.75, 3.05) is 39.9 Å². The second-order valence-corrected chi connectivity index (χ2v) is 7.39. The SMILES string of the molecule is CCc1nn(C)c(CC)c1CNC(=NC)NCC(C)(C)N1CCOCC1. The van der Waals surface area contributed by atoms with Gasteiger partial charge in [0.15, 0.2) is 5.96 Å². The van der Waals surface area contributed by atoms with E-state index in [1.54, 1.807) is 0 Å². The highest BCUT2D eigenvalue weighted by atomic mass is 16.5. The number of hydrogen-bond acceptors (Lipinski definition) is 4. The zero-order chi connectivity index (χ0) is 19.2. The lowest BCUT2D eigenvalue weighted by Gasteiger charge is -2.41. The second-order valence-electron chi connectivity index (χ2n) is 7.39. The molecule has 1 saturated heterocycles. The highest BCUT2D eigenvalue weighted by Gasteiger charge is 2.28. The lowest BCUT2D eigenvalue weighted by molar-refractivity contribution is -0.00834. The van der Waals surface area contributed by atoms with Gasteiger partial charge in [0.1, 0.15) is 0 Å². The van der Waals surface area contributed by atoms with Crippen molar-refractivity contribution in [3.63, 3.8) is 0 Å². The number of morpholine rings is 1. The Morgan fingerprint density at radius 3 is 2.46 bits per heavy atom. The smallest absolute Gasteiger partial charge is 0.191 e. The lowest BCUT2D eigenvalue weighted by atomic mass is 10.0. The first kappa shape index (κ1) is 20.7.